The Morgan fingerprint density at radius 3 is 2.62 bits per heavy atom. The van der Waals surface area contributed by atoms with Gasteiger partial charge in [-0.15, -0.1) is 11.8 Å². The van der Waals surface area contributed by atoms with Gasteiger partial charge in [0.1, 0.15) is 0 Å². The molecule has 0 aliphatic carbocycles. The number of ether oxygens (including phenoxy) is 1. The van der Waals surface area contributed by atoms with Crippen molar-refractivity contribution in [2.75, 3.05) is 25.4 Å². The summed E-state index contributed by atoms with van der Waals surface area (Å²) in [5.74, 6) is -0.495. The zero-order chi connectivity index (χ0) is 18.9. The van der Waals surface area contributed by atoms with Gasteiger partial charge in [-0.05, 0) is 38.3 Å². The molecule has 7 heteroatoms. The zero-order valence-electron chi connectivity index (χ0n) is 15.3. The molecule has 0 spiro atoms. The van der Waals surface area contributed by atoms with Gasteiger partial charge in [0.05, 0.1) is 11.3 Å². The van der Waals surface area contributed by atoms with Gasteiger partial charge < -0.3 is 15.0 Å². The number of nitrogens with zero attached hydrogens (tertiary/aromatic N) is 1. The second-order valence-corrected chi connectivity index (χ2v) is 7.34. The van der Waals surface area contributed by atoms with E-state index in [1.165, 1.54) is 11.8 Å². The van der Waals surface area contributed by atoms with E-state index in [0.717, 1.165) is 32.4 Å². The molecule has 0 saturated carbocycles. The monoisotopic (exact) mass is 378 g/mol. The maximum Gasteiger partial charge on any atom is 0.339 e. The molecular weight excluding hydrogens is 352 g/mol. The Hall–Kier alpha value is -2.02. The highest BCUT2D eigenvalue weighted by atomic mass is 32.2. The predicted octanol–water partition coefficient (Wildman–Crippen LogP) is 2.47. The van der Waals surface area contributed by atoms with Gasteiger partial charge in [-0.25, -0.2) is 4.79 Å². The van der Waals surface area contributed by atoms with E-state index in [0.29, 0.717) is 16.2 Å². The van der Waals surface area contributed by atoms with Gasteiger partial charge in [-0.1, -0.05) is 19.1 Å². The number of esters is 1. The van der Waals surface area contributed by atoms with Crippen molar-refractivity contribution in [1.82, 2.24) is 10.2 Å². The van der Waals surface area contributed by atoms with Crippen molar-refractivity contribution in [2.24, 2.45) is 0 Å². The van der Waals surface area contributed by atoms with Crippen LogP contribution in [-0.4, -0.2) is 54.2 Å². The highest BCUT2D eigenvalue weighted by molar-refractivity contribution is 8.00. The van der Waals surface area contributed by atoms with Crippen LogP contribution in [0.1, 0.15) is 43.5 Å². The summed E-state index contributed by atoms with van der Waals surface area (Å²) < 4.78 is 5.12. The van der Waals surface area contributed by atoms with Crippen LogP contribution in [0, 0.1) is 0 Å². The summed E-state index contributed by atoms with van der Waals surface area (Å²) in [6.07, 6.45) is 2.92. The van der Waals surface area contributed by atoms with Crippen molar-refractivity contribution < 1.29 is 19.1 Å². The minimum Gasteiger partial charge on any atom is -0.452 e. The van der Waals surface area contributed by atoms with Crippen LogP contribution < -0.4 is 5.32 Å². The van der Waals surface area contributed by atoms with E-state index >= 15 is 0 Å². The summed E-state index contributed by atoms with van der Waals surface area (Å²) in [5, 5.41) is 2.75. The molecule has 1 aromatic carbocycles. The fraction of sp³-hybridized carbons (Fsp3) is 0.526. The van der Waals surface area contributed by atoms with Crippen molar-refractivity contribution in [1.29, 1.82) is 0 Å². The molecule has 1 aliphatic heterocycles. The number of amides is 2. The average Bonchev–Trinajstić information content (AvgIpc) is 3.19. The number of hydrogen-bond donors (Lipinski definition) is 1. The molecule has 1 aromatic rings. The molecule has 0 bridgehead atoms. The molecule has 0 aromatic heterocycles. The van der Waals surface area contributed by atoms with Gasteiger partial charge in [-0.3, -0.25) is 9.59 Å². The lowest BCUT2D eigenvalue weighted by Gasteiger charge is -2.15. The van der Waals surface area contributed by atoms with Crippen LogP contribution >= 0.6 is 11.8 Å². The molecule has 26 heavy (non-hydrogen) atoms. The molecule has 2 amide bonds. The van der Waals surface area contributed by atoms with Crippen molar-refractivity contribution in [3.8, 4) is 0 Å². The Kier molecular flexibility index (Phi) is 7.97. The van der Waals surface area contributed by atoms with Gasteiger partial charge in [0, 0.05) is 24.0 Å². The molecule has 142 valence electrons. The Bertz CT molecular complexity index is 644. The molecule has 1 aliphatic rings. The topological polar surface area (TPSA) is 75.7 Å². The number of hydrogen-bond acceptors (Lipinski definition) is 5. The van der Waals surface area contributed by atoms with Crippen LogP contribution in [0.5, 0.6) is 0 Å². The number of carbonyl (C=O) groups excluding carboxylic acids is 3. The van der Waals surface area contributed by atoms with Crippen LogP contribution in [0.15, 0.2) is 29.2 Å². The molecule has 1 atom stereocenters. The summed E-state index contributed by atoms with van der Waals surface area (Å²) in [5.41, 5.74) is 0.378. The summed E-state index contributed by atoms with van der Waals surface area (Å²) in [6.45, 7) is 5.18. The third kappa shape index (κ3) is 6.05. The third-order valence-electron chi connectivity index (χ3n) is 4.27. The van der Waals surface area contributed by atoms with E-state index < -0.39 is 5.97 Å². The highest BCUT2D eigenvalue weighted by Crippen LogP contribution is 2.24. The Morgan fingerprint density at radius 2 is 1.92 bits per heavy atom. The largest absolute Gasteiger partial charge is 0.452 e. The second kappa shape index (κ2) is 10.2. The summed E-state index contributed by atoms with van der Waals surface area (Å²) in [4.78, 5) is 38.8. The summed E-state index contributed by atoms with van der Waals surface area (Å²) in [7, 11) is 0. The molecule has 1 N–H and O–H groups in total. The number of nitrogens with one attached hydrogen (secondary N) is 1. The lowest BCUT2D eigenvalue weighted by molar-refractivity contribution is -0.127. The van der Waals surface area contributed by atoms with Crippen LogP contribution in [0.25, 0.3) is 0 Å². The number of carbonyl (C=O) groups is 3. The van der Waals surface area contributed by atoms with E-state index in [1.807, 2.05) is 24.8 Å². The third-order valence-corrected chi connectivity index (χ3v) is 5.33. The first-order valence-electron chi connectivity index (χ1n) is 8.97. The second-order valence-electron chi connectivity index (χ2n) is 6.33. The van der Waals surface area contributed by atoms with E-state index in [-0.39, 0.29) is 24.5 Å². The van der Waals surface area contributed by atoms with Crippen LogP contribution in [0.3, 0.4) is 0 Å². The van der Waals surface area contributed by atoms with E-state index in [2.05, 4.69) is 5.32 Å². The molecule has 1 saturated heterocycles. The Morgan fingerprint density at radius 1 is 1.23 bits per heavy atom. The molecule has 2 rings (SSSR count). The van der Waals surface area contributed by atoms with Crippen molar-refractivity contribution in [3.05, 3.63) is 29.8 Å². The van der Waals surface area contributed by atoms with Gasteiger partial charge in [0.25, 0.3) is 5.91 Å². The number of thioether (sulfide) groups is 1. The number of benzene rings is 1. The number of rotatable bonds is 8. The molecule has 0 radical (unpaired) electrons. The Labute approximate surface area is 158 Å². The normalized spacial score (nSPS) is 14.8. The molecule has 0 unspecified atom stereocenters. The van der Waals surface area contributed by atoms with Crippen LogP contribution in [0.4, 0.5) is 0 Å². The lowest BCUT2D eigenvalue weighted by Crippen LogP contribution is -2.35. The van der Waals surface area contributed by atoms with Crippen molar-refractivity contribution >= 4 is 29.5 Å². The van der Waals surface area contributed by atoms with Gasteiger partial charge in [0.15, 0.2) is 6.61 Å². The van der Waals surface area contributed by atoms with Crippen molar-refractivity contribution in [2.45, 2.75) is 44.0 Å². The van der Waals surface area contributed by atoms with E-state index in [9.17, 15) is 14.4 Å². The summed E-state index contributed by atoms with van der Waals surface area (Å²) >= 11 is 1.33. The summed E-state index contributed by atoms with van der Waals surface area (Å²) in [6, 6.07) is 7.03. The van der Waals surface area contributed by atoms with Gasteiger partial charge in [0.2, 0.25) is 5.91 Å². The SMILES string of the molecule is CC[C@H](C)NC(=O)COC(=O)c1ccccc1SCC(=O)N1CCCC1. The fourth-order valence-corrected chi connectivity index (χ4v) is 3.53. The van der Waals surface area contributed by atoms with Crippen LogP contribution in [-0.2, 0) is 14.3 Å². The predicted molar refractivity (Wildman–Crippen MR) is 101 cm³/mol. The molecular formula is C19H26N2O4S. The number of likely N-dealkylation sites (tertiary alicyclic amines) is 1. The van der Waals surface area contributed by atoms with Crippen LogP contribution in [0.2, 0.25) is 0 Å². The van der Waals surface area contributed by atoms with E-state index in [4.69, 9.17) is 4.74 Å². The highest BCUT2D eigenvalue weighted by Gasteiger charge is 2.20. The Balaban J connectivity index is 1.89. The fourth-order valence-electron chi connectivity index (χ4n) is 2.59. The maximum atomic E-state index is 12.3. The maximum absolute atomic E-state index is 12.3. The van der Waals surface area contributed by atoms with Gasteiger partial charge >= 0.3 is 5.97 Å². The smallest absolute Gasteiger partial charge is 0.339 e. The first kappa shape index (κ1) is 20.3. The molecule has 6 nitrogen and oxygen atoms in total. The first-order chi connectivity index (χ1) is 12.5. The minimum absolute atomic E-state index is 0.0423. The minimum atomic E-state index is -0.555. The van der Waals surface area contributed by atoms with E-state index in [1.54, 1.807) is 18.2 Å². The van der Waals surface area contributed by atoms with Crippen molar-refractivity contribution in [3.63, 3.8) is 0 Å². The first-order valence-corrected chi connectivity index (χ1v) is 9.96. The standard InChI is InChI=1S/C19H26N2O4S/c1-3-14(2)20-17(22)12-25-19(24)15-8-4-5-9-16(15)26-13-18(23)21-10-6-7-11-21/h4-5,8-9,14H,3,6-7,10-13H2,1-2H3,(H,20,22)/t14-/m0/s1. The molecule has 1 fully saturated rings. The molecule has 1 heterocycles. The average molecular weight is 378 g/mol. The zero-order valence-corrected chi connectivity index (χ0v) is 16.1. The van der Waals surface area contributed by atoms with Gasteiger partial charge in [-0.2, -0.15) is 0 Å². The quantitative estimate of drug-likeness (QED) is 0.556. The lowest BCUT2D eigenvalue weighted by atomic mass is 10.2.